The van der Waals surface area contributed by atoms with Crippen molar-refractivity contribution < 1.29 is 4.79 Å². The first-order valence-electron chi connectivity index (χ1n) is 8.72. The summed E-state index contributed by atoms with van der Waals surface area (Å²) in [6, 6.07) is 16.9. The van der Waals surface area contributed by atoms with E-state index < -0.39 is 0 Å². The van der Waals surface area contributed by atoms with Gasteiger partial charge in [-0.3, -0.25) is 4.79 Å². The van der Waals surface area contributed by atoms with Crippen LogP contribution < -0.4 is 0 Å². The van der Waals surface area contributed by atoms with Gasteiger partial charge in [-0.2, -0.15) is 0 Å². The monoisotopic (exact) mass is 319 g/mol. The second kappa shape index (κ2) is 7.48. The zero-order valence-electron chi connectivity index (χ0n) is 14.6. The van der Waals surface area contributed by atoms with Crippen molar-refractivity contribution in [3.8, 4) is 0 Å². The average Bonchev–Trinajstić information content (AvgIpc) is 2.62. The van der Waals surface area contributed by atoms with Crippen molar-refractivity contribution in [2.24, 2.45) is 0 Å². The Morgan fingerprint density at radius 2 is 1.88 bits per heavy atom. The number of hydrogen-bond acceptors (Lipinski definition) is 1. The molecule has 2 heteroatoms. The van der Waals surface area contributed by atoms with Gasteiger partial charge in [-0.1, -0.05) is 60.2 Å². The zero-order valence-corrected chi connectivity index (χ0v) is 14.6. The minimum atomic E-state index is 0.262. The maximum atomic E-state index is 12.5. The largest absolute Gasteiger partial charge is 0.339 e. The maximum absolute atomic E-state index is 12.5. The van der Waals surface area contributed by atoms with Crippen molar-refractivity contribution >= 4 is 11.5 Å². The fraction of sp³-hybridized carbons (Fsp3) is 0.318. The van der Waals surface area contributed by atoms with E-state index in [2.05, 4.69) is 62.4 Å². The lowest BCUT2D eigenvalue weighted by Gasteiger charge is -2.27. The molecule has 0 bridgehead atoms. The Bertz CT molecular complexity index is 746. The predicted molar refractivity (Wildman–Crippen MR) is 99.9 cm³/mol. The molecule has 0 aromatic heterocycles. The fourth-order valence-corrected chi connectivity index (χ4v) is 3.34. The minimum absolute atomic E-state index is 0.262. The molecule has 0 fully saturated rings. The summed E-state index contributed by atoms with van der Waals surface area (Å²) in [7, 11) is 0. The summed E-state index contributed by atoms with van der Waals surface area (Å²) in [5.74, 6) is 0.262. The molecule has 1 aliphatic heterocycles. The molecule has 0 aliphatic carbocycles. The van der Waals surface area contributed by atoms with Gasteiger partial charge in [0.05, 0.1) is 0 Å². The first kappa shape index (κ1) is 16.5. The van der Waals surface area contributed by atoms with Crippen molar-refractivity contribution in [3.05, 3.63) is 76.9 Å². The van der Waals surface area contributed by atoms with Crippen LogP contribution in [-0.2, 0) is 11.2 Å². The van der Waals surface area contributed by atoms with Gasteiger partial charge in [-0.05, 0) is 49.0 Å². The van der Waals surface area contributed by atoms with Gasteiger partial charge < -0.3 is 4.90 Å². The Kier molecular flexibility index (Phi) is 5.14. The summed E-state index contributed by atoms with van der Waals surface area (Å²) in [6.07, 6.45) is 4.57. The zero-order chi connectivity index (χ0) is 16.9. The Hall–Kier alpha value is -2.35. The van der Waals surface area contributed by atoms with Crippen LogP contribution in [0.1, 0.15) is 35.1 Å². The third kappa shape index (κ3) is 3.94. The SMILES string of the molecule is Cc1ccc(CCC(=O)N2CC=C(c3ccccc3)CC2)c(C)c1. The predicted octanol–water partition coefficient (Wildman–Crippen LogP) is 4.55. The van der Waals surface area contributed by atoms with Gasteiger partial charge in [-0.25, -0.2) is 0 Å². The summed E-state index contributed by atoms with van der Waals surface area (Å²) in [6.45, 7) is 5.79. The highest BCUT2D eigenvalue weighted by Gasteiger charge is 2.17. The van der Waals surface area contributed by atoms with Crippen molar-refractivity contribution in [1.82, 2.24) is 4.90 Å². The van der Waals surface area contributed by atoms with Crippen LogP contribution in [0, 0.1) is 13.8 Å². The number of rotatable bonds is 4. The van der Waals surface area contributed by atoms with E-state index >= 15 is 0 Å². The summed E-state index contributed by atoms with van der Waals surface area (Å²) in [5.41, 5.74) is 6.48. The molecule has 0 atom stereocenters. The lowest BCUT2D eigenvalue weighted by Crippen LogP contribution is -2.34. The van der Waals surface area contributed by atoms with Crippen LogP contribution in [-0.4, -0.2) is 23.9 Å². The number of carbonyl (C=O) groups is 1. The summed E-state index contributed by atoms with van der Waals surface area (Å²) in [4.78, 5) is 14.5. The Balaban J connectivity index is 1.56. The molecular formula is C22H25NO. The number of nitrogens with zero attached hydrogens (tertiary/aromatic N) is 1. The van der Waals surface area contributed by atoms with Crippen molar-refractivity contribution in [2.75, 3.05) is 13.1 Å². The molecule has 24 heavy (non-hydrogen) atoms. The van der Waals surface area contributed by atoms with Crippen LogP contribution in [0.15, 0.2) is 54.6 Å². The number of carbonyl (C=O) groups excluding carboxylic acids is 1. The molecule has 3 rings (SSSR count). The number of amides is 1. The van der Waals surface area contributed by atoms with Crippen LogP contribution in [0.3, 0.4) is 0 Å². The third-order valence-electron chi connectivity index (χ3n) is 4.81. The Labute approximate surface area is 144 Å². The highest BCUT2D eigenvalue weighted by Crippen LogP contribution is 2.22. The fourth-order valence-electron chi connectivity index (χ4n) is 3.34. The van der Waals surface area contributed by atoms with Crippen molar-refractivity contribution in [2.45, 2.75) is 33.1 Å². The highest BCUT2D eigenvalue weighted by atomic mass is 16.2. The number of benzene rings is 2. The van der Waals surface area contributed by atoms with Crippen LogP contribution >= 0.6 is 0 Å². The van der Waals surface area contributed by atoms with Crippen LogP contribution in [0.4, 0.5) is 0 Å². The Morgan fingerprint density at radius 3 is 2.54 bits per heavy atom. The topological polar surface area (TPSA) is 20.3 Å². The van der Waals surface area contributed by atoms with Gasteiger partial charge in [0.2, 0.25) is 5.91 Å². The molecule has 0 saturated heterocycles. The molecule has 0 saturated carbocycles. The third-order valence-corrected chi connectivity index (χ3v) is 4.81. The second-order valence-corrected chi connectivity index (χ2v) is 6.62. The van der Waals surface area contributed by atoms with Gasteiger partial charge in [-0.15, -0.1) is 0 Å². The molecule has 0 spiro atoms. The summed E-state index contributed by atoms with van der Waals surface area (Å²) >= 11 is 0. The van der Waals surface area contributed by atoms with E-state index in [-0.39, 0.29) is 5.91 Å². The molecule has 0 unspecified atom stereocenters. The molecule has 1 aliphatic rings. The van der Waals surface area contributed by atoms with E-state index in [0.717, 1.165) is 25.9 Å². The van der Waals surface area contributed by atoms with Gasteiger partial charge >= 0.3 is 0 Å². The number of hydrogen-bond donors (Lipinski definition) is 0. The van der Waals surface area contributed by atoms with E-state index in [1.165, 1.54) is 27.8 Å². The van der Waals surface area contributed by atoms with E-state index in [1.54, 1.807) is 0 Å². The van der Waals surface area contributed by atoms with Crippen LogP contribution in [0.5, 0.6) is 0 Å². The molecule has 2 aromatic rings. The van der Waals surface area contributed by atoms with Crippen LogP contribution in [0.2, 0.25) is 0 Å². The van der Waals surface area contributed by atoms with E-state index in [9.17, 15) is 4.79 Å². The highest BCUT2D eigenvalue weighted by molar-refractivity contribution is 5.78. The standard InChI is InChI=1S/C22H25NO/c1-17-8-9-19(18(2)16-17)10-11-22(24)23-14-12-21(13-15-23)20-6-4-3-5-7-20/h3-9,12,16H,10-11,13-15H2,1-2H3. The van der Waals surface area contributed by atoms with E-state index in [1.807, 2.05) is 11.0 Å². The van der Waals surface area contributed by atoms with Gasteiger partial charge in [0.1, 0.15) is 0 Å². The minimum Gasteiger partial charge on any atom is -0.339 e. The average molecular weight is 319 g/mol. The lowest BCUT2D eigenvalue weighted by molar-refractivity contribution is -0.130. The first-order valence-corrected chi connectivity index (χ1v) is 8.72. The normalized spacial score (nSPS) is 14.4. The van der Waals surface area contributed by atoms with Crippen LogP contribution in [0.25, 0.3) is 5.57 Å². The lowest BCUT2D eigenvalue weighted by atomic mass is 9.98. The molecule has 124 valence electrons. The summed E-state index contributed by atoms with van der Waals surface area (Å²) < 4.78 is 0. The number of aryl methyl sites for hydroxylation is 3. The molecule has 1 heterocycles. The summed E-state index contributed by atoms with van der Waals surface area (Å²) in [5, 5.41) is 0. The molecular weight excluding hydrogens is 294 g/mol. The quantitative estimate of drug-likeness (QED) is 0.809. The van der Waals surface area contributed by atoms with Crippen molar-refractivity contribution in [1.29, 1.82) is 0 Å². The maximum Gasteiger partial charge on any atom is 0.223 e. The second-order valence-electron chi connectivity index (χ2n) is 6.62. The van der Waals surface area contributed by atoms with Gasteiger partial charge in [0.15, 0.2) is 0 Å². The molecule has 2 aromatic carbocycles. The first-order chi connectivity index (χ1) is 11.6. The molecule has 0 radical (unpaired) electrons. The van der Waals surface area contributed by atoms with Gasteiger partial charge in [0.25, 0.3) is 0 Å². The van der Waals surface area contributed by atoms with E-state index in [0.29, 0.717) is 6.42 Å². The smallest absolute Gasteiger partial charge is 0.223 e. The molecule has 2 nitrogen and oxygen atoms in total. The van der Waals surface area contributed by atoms with E-state index in [4.69, 9.17) is 0 Å². The van der Waals surface area contributed by atoms with Gasteiger partial charge in [0, 0.05) is 19.5 Å². The van der Waals surface area contributed by atoms with Crippen molar-refractivity contribution in [3.63, 3.8) is 0 Å². The molecule has 0 N–H and O–H groups in total. The molecule has 1 amide bonds. The Morgan fingerprint density at radius 1 is 1.08 bits per heavy atom.